The maximum atomic E-state index is 5.49. The molecular weight excluding hydrogens is 751 g/mol. The smallest absolute Gasteiger partial charge is 0.300 e. The molecule has 6 aromatic rings. The fourth-order valence-corrected chi connectivity index (χ4v) is 7.12. The minimum atomic E-state index is -0.597. The second-order valence-electron chi connectivity index (χ2n) is 12.9. The first-order chi connectivity index (χ1) is 22.5. The van der Waals surface area contributed by atoms with Crippen LogP contribution in [0.2, 0.25) is 0 Å². The monoisotopic (exact) mass is 789 g/mol. The van der Waals surface area contributed by atoms with Crippen LogP contribution in [0.15, 0.2) is 122 Å². The van der Waals surface area contributed by atoms with E-state index in [2.05, 4.69) is 112 Å². The fourth-order valence-electron chi connectivity index (χ4n) is 7.12. The standard InChI is InChI=1S/C43H38N3.Ir/c1-31-26-34(28-37(27-31)42(2,35-18-6-4-7-19-35)39-22-12-14-24-44-39)38-29-33(32-16-10-11-17-32)30-41(46-38)43(3,36-20-8-5-9-21-36)40-23-13-15-25-45-40;/h4-9,12-15,18,20,22-27,29-30,32H,10-11,16-17H2,1-3H3;/q-3;+3/t42?,43-;/m1./s1. The van der Waals surface area contributed by atoms with Crippen LogP contribution in [-0.4, -0.2) is 15.0 Å². The van der Waals surface area contributed by atoms with E-state index in [0.29, 0.717) is 5.92 Å². The molecule has 4 heteroatoms. The van der Waals surface area contributed by atoms with E-state index in [1.165, 1.54) is 31.2 Å². The summed E-state index contributed by atoms with van der Waals surface area (Å²) in [6, 6.07) is 48.7. The topological polar surface area (TPSA) is 38.7 Å². The molecule has 1 saturated carbocycles. The van der Waals surface area contributed by atoms with Crippen molar-refractivity contribution >= 4 is 0 Å². The number of pyridine rings is 3. The van der Waals surface area contributed by atoms with Gasteiger partial charge in [0.2, 0.25) is 0 Å². The summed E-state index contributed by atoms with van der Waals surface area (Å²) in [5, 5.41) is 0. The molecule has 0 amide bonds. The average Bonchev–Trinajstić information content (AvgIpc) is 3.67. The molecule has 7 rings (SSSR count). The summed E-state index contributed by atoms with van der Waals surface area (Å²) >= 11 is 0. The molecule has 1 fully saturated rings. The van der Waals surface area contributed by atoms with Gasteiger partial charge in [0.25, 0.3) is 0 Å². The van der Waals surface area contributed by atoms with Crippen molar-refractivity contribution in [2.45, 2.75) is 63.2 Å². The van der Waals surface area contributed by atoms with Crippen molar-refractivity contribution in [3.63, 3.8) is 0 Å². The van der Waals surface area contributed by atoms with Gasteiger partial charge in [-0.05, 0) is 68.6 Å². The van der Waals surface area contributed by atoms with E-state index in [9.17, 15) is 0 Å². The van der Waals surface area contributed by atoms with Gasteiger partial charge < -0.3 is 4.98 Å². The molecule has 0 aliphatic heterocycles. The Balaban J connectivity index is 0.00000386. The predicted molar refractivity (Wildman–Crippen MR) is 185 cm³/mol. The molecule has 47 heavy (non-hydrogen) atoms. The first-order valence-electron chi connectivity index (χ1n) is 16.3. The number of nitrogens with zero attached hydrogens (tertiary/aromatic N) is 3. The van der Waals surface area contributed by atoms with Crippen LogP contribution < -0.4 is 0 Å². The number of rotatable bonds is 8. The molecule has 1 unspecified atom stereocenters. The Bertz CT molecular complexity index is 1840. The number of aromatic nitrogens is 3. The number of benzene rings is 3. The van der Waals surface area contributed by atoms with E-state index < -0.39 is 10.8 Å². The zero-order valence-electron chi connectivity index (χ0n) is 27.1. The first-order valence-corrected chi connectivity index (χ1v) is 16.3. The summed E-state index contributed by atoms with van der Waals surface area (Å²) in [5.41, 5.74) is 9.29. The second-order valence-corrected chi connectivity index (χ2v) is 12.9. The van der Waals surface area contributed by atoms with Crippen molar-refractivity contribution in [3.8, 4) is 11.3 Å². The van der Waals surface area contributed by atoms with Gasteiger partial charge in [0, 0.05) is 23.5 Å². The molecule has 2 atom stereocenters. The van der Waals surface area contributed by atoms with E-state index in [1.807, 2.05) is 48.8 Å². The van der Waals surface area contributed by atoms with Crippen molar-refractivity contribution < 1.29 is 20.1 Å². The van der Waals surface area contributed by atoms with Gasteiger partial charge in [-0.15, -0.1) is 46.0 Å². The Hall–Kier alpha value is -4.24. The predicted octanol–water partition coefficient (Wildman–Crippen LogP) is 9.61. The SMILES string of the molecule is Cc1cc(-c2cc(C3CCCC3)cc([C@](C)(c3[c-]cccc3)c3ccccn3)n2)[c-]c(C(C)(c2[c-]cccc2)c2ccccn2)c1.[Ir+3]. The van der Waals surface area contributed by atoms with E-state index >= 15 is 0 Å². The summed E-state index contributed by atoms with van der Waals surface area (Å²) in [5.74, 6) is 0.509. The van der Waals surface area contributed by atoms with Crippen molar-refractivity contribution in [3.05, 3.63) is 185 Å². The second kappa shape index (κ2) is 13.9. The Morgan fingerprint density at radius 3 is 1.81 bits per heavy atom. The van der Waals surface area contributed by atoms with Crippen molar-refractivity contribution in [2.75, 3.05) is 0 Å². The van der Waals surface area contributed by atoms with Crippen molar-refractivity contribution in [1.82, 2.24) is 15.0 Å². The largest absolute Gasteiger partial charge is 3.00 e. The van der Waals surface area contributed by atoms with Crippen LogP contribution in [0.5, 0.6) is 0 Å². The van der Waals surface area contributed by atoms with Gasteiger partial charge in [-0.2, -0.15) is 60.7 Å². The Labute approximate surface area is 292 Å². The summed E-state index contributed by atoms with van der Waals surface area (Å²) in [4.78, 5) is 15.2. The van der Waals surface area contributed by atoms with Gasteiger partial charge >= 0.3 is 20.1 Å². The minimum Gasteiger partial charge on any atom is -0.300 e. The molecule has 3 aromatic carbocycles. The molecule has 0 N–H and O–H groups in total. The van der Waals surface area contributed by atoms with E-state index in [-0.39, 0.29) is 20.1 Å². The van der Waals surface area contributed by atoms with Gasteiger partial charge in [0.15, 0.2) is 0 Å². The number of hydrogen-bond acceptors (Lipinski definition) is 3. The Morgan fingerprint density at radius 2 is 1.23 bits per heavy atom. The maximum absolute atomic E-state index is 5.49. The molecule has 0 bridgehead atoms. The number of hydrogen-bond donors (Lipinski definition) is 0. The molecule has 0 radical (unpaired) electrons. The van der Waals surface area contributed by atoms with Gasteiger partial charge in [0.05, 0.1) is 16.8 Å². The molecule has 1 aliphatic carbocycles. The third kappa shape index (κ3) is 6.25. The third-order valence-electron chi connectivity index (χ3n) is 9.86. The quantitative estimate of drug-likeness (QED) is 0.144. The Kier molecular flexibility index (Phi) is 9.64. The van der Waals surface area contributed by atoms with Gasteiger partial charge in [-0.25, -0.2) is 0 Å². The van der Waals surface area contributed by atoms with Crippen molar-refractivity contribution in [2.24, 2.45) is 0 Å². The maximum Gasteiger partial charge on any atom is 3.00 e. The van der Waals surface area contributed by atoms with Gasteiger partial charge in [-0.3, -0.25) is 9.97 Å². The van der Waals surface area contributed by atoms with Crippen molar-refractivity contribution in [1.29, 1.82) is 0 Å². The van der Waals surface area contributed by atoms with E-state index in [1.54, 1.807) is 0 Å². The Morgan fingerprint density at radius 1 is 0.638 bits per heavy atom. The summed E-state index contributed by atoms with van der Waals surface area (Å²) in [6.45, 7) is 6.63. The van der Waals surface area contributed by atoms with Crippen LogP contribution in [0.3, 0.4) is 0 Å². The average molecular weight is 789 g/mol. The minimum absolute atomic E-state index is 0. The van der Waals surface area contributed by atoms with Gasteiger partial charge in [-0.1, -0.05) is 43.5 Å². The molecule has 0 saturated heterocycles. The fraction of sp³-hybridized carbons (Fsp3) is 0.233. The van der Waals surface area contributed by atoms with Crippen LogP contribution in [0, 0.1) is 25.1 Å². The zero-order chi connectivity index (χ0) is 31.6. The first kappa shape index (κ1) is 32.7. The van der Waals surface area contributed by atoms with Gasteiger partial charge in [0.1, 0.15) is 0 Å². The van der Waals surface area contributed by atoms with Crippen LogP contribution in [0.25, 0.3) is 11.3 Å². The summed E-state index contributed by atoms with van der Waals surface area (Å²) in [7, 11) is 0. The molecular formula is C43H38IrN3. The zero-order valence-corrected chi connectivity index (χ0v) is 29.5. The molecule has 1 aliphatic rings. The third-order valence-corrected chi connectivity index (χ3v) is 9.86. The van der Waals surface area contributed by atoms with Crippen LogP contribution in [0.1, 0.15) is 90.3 Å². The van der Waals surface area contributed by atoms with E-state index in [4.69, 9.17) is 15.0 Å². The molecule has 0 spiro atoms. The molecule has 3 heterocycles. The molecule has 3 aromatic heterocycles. The van der Waals surface area contributed by atoms with Crippen LogP contribution in [-0.2, 0) is 30.9 Å². The summed E-state index contributed by atoms with van der Waals surface area (Å²) in [6.07, 6.45) is 8.66. The molecule has 234 valence electrons. The number of aryl methyl sites for hydroxylation is 1. The van der Waals surface area contributed by atoms with Crippen LogP contribution >= 0.6 is 0 Å². The van der Waals surface area contributed by atoms with Crippen LogP contribution in [0.4, 0.5) is 0 Å². The van der Waals surface area contributed by atoms with E-state index in [0.717, 1.165) is 50.6 Å². The summed E-state index contributed by atoms with van der Waals surface area (Å²) < 4.78 is 0. The molecule has 3 nitrogen and oxygen atoms in total. The normalized spacial score (nSPS) is 15.7.